The summed E-state index contributed by atoms with van der Waals surface area (Å²) in [7, 11) is 3.25. The average Bonchev–Trinajstić information content (AvgIpc) is 2.72. The van der Waals surface area contributed by atoms with E-state index in [0.29, 0.717) is 11.5 Å². The Morgan fingerprint density at radius 1 is 1.04 bits per heavy atom. The molecule has 0 spiro atoms. The van der Waals surface area contributed by atoms with E-state index in [1.54, 1.807) is 14.2 Å². The number of nitrogens with zero attached hydrogens (tertiary/aromatic N) is 2. The molecule has 0 radical (unpaired) electrons. The zero-order chi connectivity index (χ0) is 18.4. The van der Waals surface area contributed by atoms with Gasteiger partial charge in [0.2, 0.25) is 0 Å². The van der Waals surface area contributed by atoms with Crippen molar-refractivity contribution in [2.75, 3.05) is 66.7 Å². The number of methoxy groups -OCH3 is 2. The summed E-state index contributed by atoms with van der Waals surface area (Å²) in [6, 6.07) is 5.72. The molecule has 1 aromatic rings. The molecule has 1 N–H and O–H groups in total. The predicted molar refractivity (Wildman–Crippen MR) is 101 cm³/mol. The Bertz CT molecular complexity index is 555. The minimum absolute atomic E-state index is 0.260. The maximum Gasteiger partial charge on any atom is 0.166 e. The smallest absolute Gasteiger partial charge is 0.166 e. The monoisotopic (exact) mass is 364 g/mol. The summed E-state index contributed by atoms with van der Waals surface area (Å²) in [6.45, 7) is 8.10. The zero-order valence-corrected chi connectivity index (χ0v) is 16.0. The molecule has 0 aliphatic carbocycles. The Balaban J connectivity index is 1.51. The average molecular weight is 364 g/mol. The molecule has 6 nitrogen and oxygen atoms in total. The third-order valence-electron chi connectivity index (χ3n) is 5.67. The molecule has 1 aromatic carbocycles. The van der Waals surface area contributed by atoms with Crippen molar-refractivity contribution < 1.29 is 19.3 Å². The maximum absolute atomic E-state index is 10.9. The van der Waals surface area contributed by atoms with Gasteiger partial charge in [0.1, 0.15) is 0 Å². The zero-order valence-electron chi connectivity index (χ0n) is 16.0. The molecular formula is C20H32N2O4. The van der Waals surface area contributed by atoms with E-state index < -0.39 is 6.10 Å². The molecule has 0 saturated carbocycles. The molecule has 0 amide bonds. The van der Waals surface area contributed by atoms with E-state index in [9.17, 15) is 5.11 Å². The van der Waals surface area contributed by atoms with Crippen LogP contribution in [0.2, 0.25) is 0 Å². The normalized spacial score (nSPS) is 21.5. The quantitative estimate of drug-likeness (QED) is 0.796. The van der Waals surface area contributed by atoms with Gasteiger partial charge in [0, 0.05) is 31.7 Å². The summed E-state index contributed by atoms with van der Waals surface area (Å²) in [6.07, 6.45) is 1.50. The first-order chi connectivity index (χ1) is 12.7. The maximum atomic E-state index is 10.9. The van der Waals surface area contributed by atoms with Crippen LogP contribution in [-0.4, -0.2) is 81.6 Å². The number of hydrogen-bond donors (Lipinski definition) is 1. The van der Waals surface area contributed by atoms with E-state index in [1.165, 1.54) is 0 Å². The summed E-state index contributed by atoms with van der Waals surface area (Å²) in [5, 5.41) is 10.9. The standard InChI is InChI=1S/C20H32N2O4/c1-24-18-5-3-4-17(20(18)25-2)19(23)16-6-8-21(9-7-16)10-11-22-12-14-26-15-13-22/h3-5,16,19,23H,6-15H2,1-2H3. The Labute approximate surface area is 156 Å². The topological polar surface area (TPSA) is 54.4 Å². The lowest BCUT2D eigenvalue weighted by molar-refractivity contribution is 0.0252. The van der Waals surface area contributed by atoms with Gasteiger partial charge >= 0.3 is 0 Å². The van der Waals surface area contributed by atoms with Crippen LogP contribution < -0.4 is 9.47 Å². The first-order valence-electron chi connectivity index (χ1n) is 9.64. The Morgan fingerprint density at radius 3 is 2.31 bits per heavy atom. The first-order valence-corrected chi connectivity index (χ1v) is 9.64. The van der Waals surface area contributed by atoms with E-state index >= 15 is 0 Å². The van der Waals surface area contributed by atoms with Crippen LogP contribution in [0.25, 0.3) is 0 Å². The lowest BCUT2D eigenvalue weighted by Gasteiger charge is -2.36. The van der Waals surface area contributed by atoms with Crippen LogP contribution in [0, 0.1) is 5.92 Å². The van der Waals surface area contributed by atoms with E-state index in [0.717, 1.165) is 70.9 Å². The Morgan fingerprint density at radius 2 is 1.69 bits per heavy atom. The van der Waals surface area contributed by atoms with Gasteiger partial charge in [0.15, 0.2) is 11.5 Å². The van der Waals surface area contributed by atoms with Gasteiger partial charge in [-0.25, -0.2) is 0 Å². The summed E-state index contributed by atoms with van der Waals surface area (Å²) in [5.41, 5.74) is 0.832. The molecule has 2 fully saturated rings. The second kappa shape index (κ2) is 9.55. The predicted octanol–water partition coefficient (Wildman–Crippen LogP) is 1.78. The molecule has 2 saturated heterocycles. The Kier molecular flexibility index (Phi) is 7.14. The molecule has 1 atom stereocenters. The fraction of sp³-hybridized carbons (Fsp3) is 0.700. The van der Waals surface area contributed by atoms with Crippen molar-refractivity contribution in [2.45, 2.75) is 18.9 Å². The number of hydrogen-bond acceptors (Lipinski definition) is 6. The minimum Gasteiger partial charge on any atom is -0.493 e. The molecule has 6 heteroatoms. The molecule has 146 valence electrons. The van der Waals surface area contributed by atoms with Crippen molar-refractivity contribution in [3.8, 4) is 11.5 Å². The molecule has 3 rings (SSSR count). The number of aliphatic hydroxyl groups excluding tert-OH is 1. The lowest BCUT2D eigenvalue weighted by Crippen LogP contribution is -2.43. The van der Waals surface area contributed by atoms with Gasteiger partial charge < -0.3 is 24.2 Å². The molecular weight excluding hydrogens is 332 g/mol. The van der Waals surface area contributed by atoms with Crippen molar-refractivity contribution in [1.82, 2.24) is 9.80 Å². The molecule has 2 aliphatic rings. The van der Waals surface area contributed by atoms with Crippen molar-refractivity contribution in [2.24, 2.45) is 5.92 Å². The van der Waals surface area contributed by atoms with Crippen molar-refractivity contribution >= 4 is 0 Å². The number of para-hydroxylation sites is 1. The second-order valence-corrected chi connectivity index (χ2v) is 7.16. The molecule has 2 heterocycles. The Hall–Kier alpha value is -1.34. The summed E-state index contributed by atoms with van der Waals surface area (Å²) < 4.78 is 16.3. The second-order valence-electron chi connectivity index (χ2n) is 7.16. The van der Waals surface area contributed by atoms with Crippen molar-refractivity contribution in [3.63, 3.8) is 0 Å². The highest BCUT2D eigenvalue weighted by atomic mass is 16.5. The molecule has 0 aromatic heterocycles. The van der Waals surface area contributed by atoms with Crippen LogP contribution in [0.15, 0.2) is 18.2 Å². The first kappa shape index (κ1) is 19.4. The number of piperidine rings is 1. The molecule has 1 unspecified atom stereocenters. The highest BCUT2D eigenvalue weighted by molar-refractivity contribution is 5.47. The summed E-state index contributed by atoms with van der Waals surface area (Å²) >= 11 is 0. The molecule has 2 aliphatic heterocycles. The van der Waals surface area contributed by atoms with E-state index in [4.69, 9.17) is 14.2 Å². The number of ether oxygens (including phenoxy) is 3. The number of benzene rings is 1. The number of aliphatic hydroxyl groups is 1. The van der Waals surface area contributed by atoms with E-state index in [-0.39, 0.29) is 5.92 Å². The van der Waals surface area contributed by atoms with Gasteiger partial charge in [-0.2, -0.15) is 0 Å². The van der Waals surface area contributed by atoms with Gasteiger partial charge in [0.25, 0.3) is 0 Å². The number of morpholine rings is 1. The van der Waals surface area contributed by atoms with Crippen molar-refractivity contribution in [1.29, 1.82) is 0 Å². The molecule has 0 bridgehead atoms. The fourth-order valence-corrected chi connectivity index (χ4v) is 4.00. The van der Waals surface area contributed by atoms with Gasteiger partial charge in [-0.05, 0) is 37.9 Å². The van der Waals surface area contributed by atoms with Crippen LogP contribution in [0.4, 0.5) is 0 Å². The number of rotatable bonds is 7. The highest BCUT2D eigenvalue weighted by Crippen LogP contribution is 2.39. The fourth-order valence-electron chi connectivity index (χ4n) is 4.00. The third kappa shape index (κ3) is 4.68. The van der Waals surface area contributed by atoms with Crippen LogP contribution >= 0.6 is 0 Å². The largest absolute Gasteiger partial charge is 0.493 e. The van der Waals surface area contributed by atoms with Crippen LogP contribution in [-0.2, 0) is 4.74 Å². The van der Waals surface area contributed by atoms with Crippen molar-refractivity contribution in [3.05, 3.63) is 23.8 Å². The minimum atomic E-state index is -0.513. The lowest BCUT2D eigenvalue weighted by atomic mass is 9.87. The highest BCUT2D eigenvalue weighted by Gasteiger charge is 2.29. The van der Waals surface area contributed by atoms with Gasteiger partial charge in [-0.1, -0.05) is 12.1 Å². The van der Waals surface area contributed by atoms with Crippen LogP contribution in [0.1, 0.15) is 24.5 Å². The van der Waals surface area contributed by atoms with Gasteiger partial charge in [-0.3, -0.25) is 4.90 Å². The summed E-state index contributed by atoms with van der Waals surface area (Å²) in [5.74, 6) is 1.58. The number of likely N-dealkylation sites (tertiary alicyclic amines) is 1. The van der Waals surface area contributed by atoms with Crippen LogP contribution in [0.5, 0.6) is 11.5 Å². The van der Waals surface area contributed by atoms with Crippen LogP contribution in [0.3, 0.4) is 0 Å². The summed E-state index contributed by atoms with van der Waals surface area (Å²) in [4.78, 5) is 4.99. The van der Waals surface area contributed by atoms with E-state index in [2.05, 4.69) is 9.80 Å². The van der Waals surface area contributed by atoms with Gasteiger partial charge in [-0.15, -0.1) is 0 Å². The molecule has 26 heavy (non-hydrogen) atoms. The van der Waals surface area contributed by atoms with E-state index in [1.807, 2.05) is 18.2 Å². The third-order valence-corrected chi connectivity index (χ3v) is 5.67. The van der Waals surface area contributed by atoms with Gasteiger partial charge in [0.05, 0.1) is 33.5 Å². The SMILES string of the molecule is COc1cccc(C(O)C2CCN(CCN3CCOCC3)CC2)c1OC.